The fourth-order valence-electron chi connectivity index (χ4n) is 5.06. The van der Waals surface area contributed by atoms with E-state index in [-0.39, 0.29) is 25.7 Å². The Hall–Kier alpha value is -3.39. The maximum Gasteiger partial charge on any atom is 0.407 e. The molecule has 8 nitrogen and oxygen atoms in total. The molecule has 3 aliphatic rings. The monoisotopic (exact) mass is 478 g/mol. The normalized spacial score (nSPS) is 23.7. The van der Waals surface area contributed by atoms with Gasteiger partial charge in [-0.3, -0.25) is 9.59 Å². The highest BCUT2D eigenvalue weighted by atomic mass is 16.5. The van der Waals surface area contributed by atoms with Crippen molar-refractivity contribution in [1.82, 2.24) is 10.6 Å². The van der Waals surface area contributed by atoms with Crippen LogP contribution in [-0.4, -0.2) is 55.0 Å². The number of fused-ring (bicyclic) bond motifs is 3. The van der Waals surface area contributed by atoms with E-state index in [2.05, 4.69) is 22.8 Å². The van der Waals surface area contributed by atoms with E-state index >= 15 is 0 Å². The Morgan fingerprint density at radius 3 is 2.31 bits per heavy atom. The fourth-order valence-corrected chi connectivity index (χ4v) is 5.06. The van der Waals surface area contributed by atoms with E-state index < -0.39 is 35.5 Å². The van der Waals surface area contributed by atoms with Gasteiger partial charge in [0.1, 0.15) is 18.1 Å². The summed E-state index contributed by atoms with van der Waals surface area (Å²) in [5.74, 6) is -1.14. The zero-order chi connectivity index (χ0) is 24.6. The van der Waals surface area contributed by atoms with Gasteiger partial charge in [-0.15, -0.1) is 0 Å². The van der Waals surface area contributed by atoms with Crippen molar-refractivity contribution >= 4 is 18.0 Å². The number of carboxylic acid groups (broad SMARTS) is 1. The smallest absolute Gasteiger partial charge is 0.407 e. The number of aliphatic carboxylic acids is 1. The lowest BCUT2D eigenvalue weighted by molar-refractivity contribution is -0.149. The van der Waals surface area contributed by atoms with Gasteiger partial charge in [0, 0.05) is 5.92 Å². The molecular weight excluding hydrogens is 448 g/mol. The number of hydrogen-bond acceptors (Lipinski definition) is 5. The van der Waals surface area contributed by atoms with Gasteiger partial charge in [0.05, 0.1) is 19.3 Å². The number of carbonyl (C=O) groups excluding carboxylic acids is 2. The molecule has 35 heavy (non-hydrogen) atoms. The van der Waals surface area contributed by atoms with Crippen molar-refractivity contribution in [3.63, 3.8) is 0 Å². The maximum absolute atomic E-state index is 13.1. The summed E-state index contributed by atoms with van der Waals surface area (Å²) < 4.78 is 11.0. The van der Waals surface area contributed by atoms with E-state index in [1.165, 1.54) is 0 Å². The van der Waals surface area contributed by atoms with Crippen molar-refractivity contribution in [2.45, 2.75) is 44.2 Å². The minimum atomic E-state index is -1.20. The number of carbonyl (C=O) groups is 3. The van der Waals surface area contributed by atoms with Crippen LogP contribution in [0, 0.1) is 11.3 Å². The van der Waals surface area contributed by atoms with Crippen LogP contribution in [0.2, 0.25) is 0 Å². The molecule has 2 aromatic rings. The second-order valence-electron chi connectivity index (χ2n) is 10.0. The first-order valence-corrected chi connectivity index (χ1v) is 12.1. The van der Waals surface area contributed by atoms with Gasteiger partial charge in [-0.25, -0.2) is 4.79 Å². The second-order valence-corrected chi connectivity index (χ2v) is 10.0. The molecule has 2 aromatic carbocycles. The molecule has 2 fully saturated rings. The van der Waals surface area contributed by atoms with Crippen molar-refractivity contribution in [3.8, 4) is 11.1 Å². The van der Waals surface area contributed by atoms with Crippen LogP contribution in [-0.2, 0) is 19.1 Å². The number of benzene rings is 2. The molecule has 1 aliphatic heterocycles. The number of carboxylic acids is 1. The van der Waals surface area contributed by atoms with E-state index in [4.69, 9.17) is 9.47 Å². The zero-order valence-electron chi connectivity index (χ0n) is 19.7. The number of ether oxygens (including phenoxy) is 2. The third kappa shape index (κ3) is 4.62. The third-order valence-corrected chi connectivity index (χ3v) is 7.48. The Morgan fingerprint density at radius 1 is 1.09 bits per heavy atom. The van der Waals surface area contributed by atoms with Gasteiger partial charge in [-0.05, 0) is 41.5 Å². The summed E-state index contributed by atoms with van der Waals surface area (Å²) >= 11 is 0. The zero-order valence-corrected chi connectivity index (χ0v) is 19.7. The highest BCUT2D eigenvalue weighted by Crippen LogP contribution is 2.44. The van der Waals surface area contributed by atoms with Gasteiger partial charge in [-0.1, -0.05) is 61.4 Å². The molecule has 0 radical (unpaired) electrons. The Balaban J connectivity index is 1.24. The van der Waals surface area contributed by atoms with Crippen LogP contribution in [0.5, 0.6) is 0 Å². The molecule has 0 bridgehead atoms. The molecule has 3 N–H and O–H groups in total. The third-order valence-electron chi connectivity index (χ3n) is 7.48. The standard InChI is InChI=1S/C27H30N2O6/c1-27(25(31)32)15-34-14-23(27)29-24(30)22(12-16-10-11-16)28-26(33)35-13-21-19-8-4-2-6-17(19)18-7-3-5-9-20(18)21/h2-9,16,21-23H,10-15H2,1H3,(H,28,33)(H,29,30)(H,31,32). The van der Waals surface area contributed by atoms with Crippen LogP contribution in [0.3, 0.4) is 0 Å². The van der Waals surface area contributed by atoms with E-state index in [0.717, 1.165) is 35.1 Å². The van der Waals surface area contributed by atoms with Crippen molar-refractivity contribution in [3.05, 3.63) is 59.7 Å². The fraction of sp³-hybridized carbons (Fsp3) is 0.444. The minimum absolute atomic E-state index is 0.0282. The molecule has 184 valence electrons. The quantitative estimate of drug-likeness (QED) is 0.537. The maximum atomic E-state index is 13.1. The number of alkyl carbamates (subject to hydrolysis) is 1. The van der Waals surface area contributed by atoms with Crippen LogP contribution in [0.15, 0.2) is 48.5 Å². The molecule has 3 unspecified atom stereocenters. The van der Waals surface area contributed by atoms with Gasteiger partial charge < -0.3 is 25.2 Å². The van der Waals surface area contributed by atoms with Gasteiger partial charge in [0.25, 0.3) is 0 Å². The number of nitrogens with one attached hydrogen (secondary N) is 2. The predicted octanol–water partition coefficient (Wildman–Crippen LogP) is 3.30. The van der Waals surface area contributed by atoms with Gasteiger partial charge in [-0.2, -0.15) is 0 Å². The lowest BCUT2D eigenvalue weighted by atomic mass is 9.85. The highest BCUT2D eigenvalue weighted by Gasteiger charge is 2.48. The number of hydrogen-bond donors (Lipinski definition) is 3. The van der Waals surface area contributed by atoms with E-state index in [9.17, 15) is 19.5 Å². The van der Waals surface area contributed by atoms with Crippen molar-refractivity contribution in [1.29, 1.82) is 0 Å². The lowest BCUT2D eigenvalue weighted by Gasteiger charge is -2.27. The van der Waals surface area contributed by atoms with E-state index in [1.807, 2.05) is 36.4 Å². The van der Waals surface area contributed by atoms with Gasteiger partial charge in [0.2, 0.25) is 5.91 Å². The summed E-state index contributed by atoms with van der Waals surface area (Å²) in [6.45, 7) is 1.86. The van der Waals surface area contributed by atoms with Crippen LogP contribution in [0.25, 0.3) is 11.1 Å². The summed E-state index contributed by atoms with van der Waals surface area (Å²) in [5.41, 5.74) is 3.31. The number of amides is 2. The molecule has 1 saturated heterocycles. The first kappa shape index (κ1) is 23.4. The topological polar surface area (TPSA) is 114 Å². The molecule has 0 aromatic heterocycles. The Morgan fingerprint density at radius 2 is 1.71 bits per heavy atom. The first-order valence-electron chi connectivity index (χ1n) is 12.1. The lowest BCUT2D eigenvalue weighted by Crippen LogP contribution is -2.55. The average Bonchev–Trinajstić information content (AvgIpc) is 3.51. The summed E-state index contributed by atoms with van der Waals surface area (Å²) in [7, 11) is 0. The minimum Gasteiger partial charge on any atom is -0.481 e. The Labute approximate surface area is 204 Å². The summed E-state index contributed by atoms with van der Waals surface area (Å²) in [6, 6.07) is 14.7. The summed E-state index contributed by atoms with van der Waals surface area (Å²) in [6.07, 6.45) is 1.86. The van der Waals surface area contributed by atoms with Crippen molar-refractivity contribution in [2.24, 2.45) is 11.3 Å². The first-order chi connectivity index (χ1) is 16.9. The Bertz CT molecular complexity index is 1100. The summed E-state index contributed by atoms with van der Waals surface area (Å²) in [5, 5.41) is 15.1. The highest BCUT2D eigenvalue weighted by molar-refractivity contribution is 5.87. The Kier molecular flexibility index (Phi) is 6.23. The molecule has 0 spiro atoms. The van der Waals surface area contributed by atoms with Crippen LogP contribution in [0.4, 0.5) is 4.79 Å². The van der Waals surface area contributed by atoms with E-state index in [0.29, 0.717) is 12.3 Å². The predicted molar refractivity (Wildman–Crippen MR) is 128 cm³/mol. The molecule has 1 heterocycles. The van der Waals surface area contributed by atoms with E-state index in [1.54, 1.807) is 6.92 Å². The van der Waals surface area contributed by atoms with Crippen LogP contribution >= 0.6 is 0 Å². The molecule has 2 amide bonds. The SMILES string of the molecule is CC1(C(=O)O)COCC1NC(=O)C(CC1CC1)NC(=O)OCC1c2ccccc2-c2ccccc21. The molecule has 3 atom stereocenters. The second kappa shape index (κ2) is 9.34. The molecule has 1 saturated carbocycles. The average molecular weight is 479 g/mol. The molecule has 5 rings (SSSR count). The van der Waals surface area contributed by atoms with Crippen molar-refractivity contribution in [2.75, 3.05) is 19.8 Å². The number of rotatable bonds is 8. The van der Waals surface area contributed by atoms with Crippen LogP contribution < -0.4 is 10.6 Å². The van der Waals surface area contributed by atoms with Gasteiger partial charge >= 0.3 is 12.1 Å². The molecule has 2 aliphatic carbocycles. The van der Waals surface area contributed by atoms with Gasteiger partial charge in [0.15, 0.2) is 0 Å². The molecular formula is C27H30N2O6. The summed E-state index contributed by atoms with van der Waals surface area (Å²) in [4.78, 5) is 37.6. The largest absolute Gasteiger partial charge is 0.481 e. The van der Waals surface area contributed by atoms with Crippen LogP contribution in [0.1, 0.15) is 43.2 Å². The van der Waals surface area contributed by atoms with Crippen molar-refractivity contribution < 1.29 is 29.0 Å². The molecule has 8 heteroatoms.